The third-order valence-electron chi connectivity index (χ3n) is 3.21. The van der Waals surface area contributed by atoms with Crippen molar-refractivity contribution < 1.29 is 4.79 Å². The van der Waals surface area contributed by atoms with Crippen molar-refractivity contribution in [3.8, 4) is 0 Å². The van der Waals surface area contributed by atoms with Crippen molar-refractivity contribution in [2.24, 2.45) is 7.05 Å². The SMILES string of the molecule is Cn1cc(Br)c(C(=O)Nc2nn(Cc3ccc(Cl)cc3)cc2Cl)n1. The minimum absolute atomic E-state index is 0.265. The lowest BCUT2D eigenvalue weighted by atomic mass is 10.2. The molecule has 0 fully saturated rings. The van der Waals surface area contributed by atoms with E-state index in [2.05, 4.69) is 31.4 Å². The van der Waals surface area contributed by atoms with Crippen LogP contribution in [0.5, 0.6) is 0 Å². The van der Waals surface area contributed by atoms with E-state index in [9.17, 15) is 4.79 Å². The molecule has 2 aromatic heterocycles. The van der Waals surface area contributed by atoms with Gasteiger partial charge in [-0.05, 0) is 33.6 Å². The number of carbonyl (C=O) groups is 1. The molecule has 0 saturated carbocycles. The van der Waals surface area contributed by atoms with E-state index in [-0.39, 0.29) is 17.4 Å². The standard InChI is InChI=1S/C15H12BrCl2N5O/c1-22-7-11(16)13(20-22)15(24)19-14-12(18)8-23(21-14)6-9-2-4-10(17)5-3-9/h2-5,7-8H,6H2,1H3,(H,19,21,24). The molecule has 3 aromatic rings. The second-order valence-electron chi connectivity index (χ2n) is 5.10. The number of halogens is 3. The minimum Gasteiger partial charge on any atom is -0.302 e. The Labute approximate surface area is 156 Å². The lowest BCUT2D eigenvalue weighted by molar-refractivity contribution is 0.102. The Morgan fingerprint density at radius 3 is 2.54 bits per heavy atom. The second kappa shape index (κ2) is 6.96. The second-order valence-corrected chi connectivity index (χ2v) is 6.80. The van der Waals surface area contributed by atoms with E-state index in [1.165, 1.54) is 0 Å². The molecular weight excluding hydrogens is 417 g/mol. The molecule has 0 aliphatic heterocycles. The molecule has 6 nitrogen and oxygen atoms in total. The molecule has 1 amide bonds. The summed E-state index contributed by atoms with van der Waals surface area (Å²) in [7, 11) is 1.73. The smallest absolute Gasteiger partial charge is 0.278 e. The van der Waals surface area contributed by atoms with Crippen molar-refractivity contribution in [2.45, 2.75) is 6.54 Å². The van der Waals surface area contributed by atoms with Gasteiger partial charge in [0, 0.05) is 24.5 Å². The molecule has 9 heteroatoms. The highest BCUT2D eigenvalue weighted by atomic mass is 79.9. The largest absolute Gasteiger partial charge is 0.302 e. The number of anilines is 1. The minimum atomic E-state index is -0.388. The zero-order valence-electron chi connectivity index (χ0n) is 12.5. The Hall–Kier alpha value is -1.83. The molecule has 0 saturated heterocycles. The van der Waals surface area contributed by atoms with Crippen LogP contribution in [-0.4, -0.2) is 25.5 Å². The zero-order valence-corrected chi connectivity index (χ0v) is 15.6. The summed E-state index contributed by atoms with van der Waals surface area (Å²) in [5, 5.41) is 12.1. The molecule has 0 unspecified atom stereocenters. The van der Waals surface area contributed by atoms with Gasteiger partial charge in [-0.2, -0.15) is 10.2 Å². The third-order valence-corrected chi connectivity index (χ3v) is 4.31. The molecule has 0 spiro atoms. The van der Waals surface area contributed by atoms with Crippen LogP contribution in [0.2, 0.25) is 10.0 Å². The topological polar surface area (TPSA) is 64.7 Å². The predicted molar refractivity (Wildman–Crippen MR) is 96.7 cm³/mol. The predicted octanol–water partition coefficient (Wildman–Crippen LogP) is 3.99. The number of benzene rings is 1. The average Bonchev–Trinajstić information content (AvgIpc) is 3.04. The van der Waals surface area contributed by atoms with E-state index in [0.29, 0.717) is 21.1 Å². The summed E-state index contributed by atoms with van der Waals surface area (Å²) in [6.45, 7) is 0.514. The van der Waals surface area contributed by atoms with E-state index in [4.69, 9.17) is 23.2 Å². The lowest BCUT2D eigenvalue weighted by Gasteiger charge is -2.02. The monoisotopic (exact) mass is 427 g/mol. The number of aryl methyl sites for hydroxylation is 1. The van der Waals surface area contributed by atoms with Crippen molar-refractivity contribution in [1.82, 2.24) is 19.6 Å². The number of carbonyl (C=O) groups excluding carboxylic acids is 1. The van der Waals surface area contributed by atoms with Crippen molar-refractivity contribution >= 4 is 50.9 Å². The van der Waals surface area contributed by atoms with Crippen molar-refractivity contribution in [2.75, 3.05) is 5.32 Å². The molecular formula is C15H12BrCl2N5O. The van der Waals surface area contributed by atoms with Gasteiger partial charge >= 0.3 is 0 Å². The van der Waals surface area contributed by atoms with Crippen molar-refractivity contribution in [3.05, 3.63) is 62.4 Å². The Morgan fingerprint density at radius 1 is 1.21 bits per heavy atom. The van der Waals surface area contributed by atoms with Crippen LogP contribution in [0.4, 0.5) is 5.82 Å². The van der Waals surface area contributed by atoms with Gasteiger partial charge in [0.05, 0.1) is 11.0 Å². The molecule has 0 bridgehead atoms. The summed E-state index contributed by atoms with van der Waals surface area (Å²) in [5.41, 5.74) is 1.28. The maximum absolute atomic E-state index is 12.3. The Kier molecular flexibility index (Phi) is 4.93. The molecule has 1 N–H and O–H groups in total. The van der Waals surface area contributed by atoms with Gasteiger partial charge in [-0.15, -0.1) is 0 Å². The Morgan fingerprint density at radius 2 is 1.92 bits per heavy atom. The quantitative estimate of drug-likeness (QED) is 0.683. The number of rotatable bonds is 4. The zero-order chi connectivity index (χ0) is 17.3. The van der Waals surface area contributed by atoms with Crippen LogP contribution in [0, 0.1) is 0 Å². The fraction of sp³-hybridized carbons (Fsp3) is 0.133. The van der Waals surface area contributed by atoms with Gasteiger partial charge in [-0.1, -0.05) is 35.3 Å². The highest BCUT2D eigenvalue weighted by Gasteiger charge is 2.17. The summed E-state index contributed by atoms with van der Waals surface area (Å²) >= 11 is 15.3. The van der Waals surface area contributed by atoms with Crippen LogP contribution in [0.3, 0.4) is 0 Å². The van der Waals surface area contributed by atoms with E-state index >= 15 is 0 Å². The van der Waals surface area contributed by atoms with Gasteiger partial charge in [0.1, 0.15) is 5.02 Å². The van der Waals surface area contributed by atoms with Crippen LogP contribution in [0.1, 0.15) is 16.1 Å². The van der Waals surface area contributed by atoms with Crippen molar-refractivity contribution in [3.63, 3.8) is 0 Å². The van der Waals surface area contributed by atoms with Crippen LogP contribution in [0.25, 0.3) is 0 Å². The fourth-order valence-corrected chi connectivity index (χ4v) is 3.00. The molecule has 2 heterocycles. The fourth-order valence-electron chi connectivity index (χ4n) is 2.12. The van der Waals surface area contributed by atoms with Gasteiger partial charge in [0.15, 0.2) is 11.5 Å². The summed E-state index contributed by atoms with van der Waals surface area (Å²) < 4.78 is 3.79. The first-order valence-corrected chi connectivity index (χ1v) is 8.45. The molecule has 0 aliphatic rings. The first-order chi connectivity index (χ1) is 11.4. The third kappa shape index (κ3) is 3.80. The van der Waals surface area contributed by atoms with E-state index in [1.807, 2.05) is 24.3 Å². The van der Waals surface area contributed by atoms with Gasteiger partial charge in [0.25, 0.3) is 5.91 Å². The van der Waals surface area contributed by atoms with Gasteiger partial charge < -0.3 is 5.32 Å². The van der Waals surface area contributed by atoms with Crippen LogP contribution in [0.15, 0.2) is 41.1 Å². The van der Waals surface area contributed by atoms with Crippen LogP contribution < -0.4 is 5.32 Å². The molecule has 3 rings (SSSR count). The Balaban J connectivity index is 1.75. The van der Waals surface area contributed by atoms with Crippen LogP contribution in [-0.2, 0) is 13.6 Å². The highest BCUT2D eigenvalue weighted by molar-refractivity contribution is 9.10. The van der Waals surface area contributed by atoms with Crippen molar-refractivity contribution in [1.29, 1.82) is 0 Å². The first-order valence-electron chi connectivity index (χ1n) is 6.90. The number of hydrogen-bond donors (Lipinski definition) is 1. The molecule has 1 aromatic carbocycles. The van der Waals surface area contributed by atoms with Gasteiger partial charge in [0.2, 0.25) is 0 Å². The van der Waals surface area contributed by atoms with E-state index in [1.54, 1.807) is 28.8 Å². The lowest BCUT2D eigenvalue weighted by Crippen LogP contribution is -2.14. The Bertz CT molecular complexity index is 888. The normalized spacial score (nSPS) is 10.8. The summed E-state index contributed by atoms with van der Waals surface area (Å²) in [6, 6.07) is 7.43. The number of hydrogen-bond acceptors (Lipinski definition) is 3. The molecule has 24 heavy (non-hydrogen) atoms. The number of amides is 1. The molecule has 0 aliphatic carbocycles. The molecule has 124 valence electrons. The maximum Gasteiger partial charge on any atom is 0.278 e. The van der Waals surface area contributed by atoms with E-state index < -0.39 is 0 Å². The number of nitrogens with one attached hydrogen (secondary N) is 1. The van der Waals surface area contributed by atoms with Gasteiger partial charge in [-0.25, -0.2) is 0 Å². The average molecular weight is 429 g/mol. The maximum atomic E-state index is 12.3. The molecule has 0 radical (unpaired) electrons. The summed E-state index contributed by atoms with van der Waals surface area (Å²) in [4.78, 5) is 12.3. The van der Waals surface area contributed by atoms with E-state index in [0.717, 1.165) is 5.56 Å². The number of aromatic nitrogens is 4. The summed E-state index contributed by atoms with van der Waals surface area (Å²) in [6.07, 6.45) is 3.34. The molecule has 0 atom stereocenters. The highest BCUT2D eigenvalue weighted by Crippen LogP contribution is 2.22. The van der Waals surface area contributed by atoms with Crippen LogP contribution >= 0.6 is 39.1 Å². The first kappa shape index (κ1) is 17.0. The number of nitrogens with zero attached hydrogens (tertiary/aromatic N) is 4. The summed E-state index contributed by atoms with van der Waals surface area (Å²) in [5.74, 6) is -0.102. The van der Waals surface area contributed by atoms with Gasteiger partial charge in [-0.3, -0.25) is 14.2 Å².